The molecule has 0 aliphatic rings. The van der Waals surface area contributed by atoms with E-state index in [1.807, 2.05) is 55.5 Å². The van der Waals surface area contributed by atoms with Gasteiger partial charge < -0.3 is 10.1 Å². The van der Waals surface area contributed by atoms with Crippen molar-refractivity contribution in [3.8, 4) is 5.75 Å². The minimum Gasteiger partial charge on any atom is -0.494 e. The standard InChI is InChI=1S/C19H18N2O2/c1-2-23-17-8-5-14(6-9-17)13-21-19(22)16-7-10-18-15(12-16)4-3-11-20-18/h3-12H,2,13H2,1H3,(H,21,22). The first-order valence-corrected chi connectivity index (χ1v) is 7.61. The van der Waals surface area contributed by atoms with Crippen LogP contribution in [0.15, 0.2) is 60.8 Å². The molecule has 4 nitrogen and oxygen atoms in total. The van der Waals surface area contributed by atoms with Gasteiger partial charge in [0, 0.05) is 23.7 Å². The Kier molecular flexibility index (Phi) is 4.52. The third-order valence-electron chi connectivity index (χ3n) is 3.55. The fourth-order valence-corrected chi connectivity index (χ4v) is 2.37. The normalized spacial score (nSPS) is 10.5. The molecule has 0 unspecified atom stereocenters. The van der Waals surface area contributed by atoms with Crippen LogP contribution in [-0.4, -0.2) is 17.5 Å². The highest BCUT2D eigenvalue weighted by Gasteiger charge is 2.06. The Morgan fingerprint density at radius 1 is 1.13 bits per heavy atom. The fraction of sp³-hybridized carbons (Fsp3) is 0.158. The van der Waals surface area contributed by atoms with E-state index in [4.69, 9.17) is 4.74 Å². The van der Waals surface area contributed by atoms with Gasteiger partial charge in [0.15, 0.2) is 0 Å². The van der Waals surface area contributed by atoms with Crippen LogP contribution in [0.5, 0.6) is 5.75 Å². The highest BCUT2D eigenvalue weighted by molar-refractivity contribution is 5.97. The zero-order chi connectivity index (χ0) is 16.1. The van der Waals surface area contributed by atoms with Crippen LogP contribution < -0.4 is 10.1 Å². The summed E-state index contributed by atoms with van der Waals surface area (Å²) < 4.78 is 5.40. The molecule has 0 fully saturated rings. The second kappa shape index (κ2) is 6.92. The van der Waals surface area contributed by atoms with Gasteiger partial charge in [0.05, 0.1) is 12.1 Å². The molecule has 0 bridgehead atoms. The van der Waals surface area contributed by atoms with E-state index in [-0.39, 0.29) is 5.91 Å². The summed E-state index contributed by atoms with van der Waals surface area (Å²) in [7, 11) is 0. The number of pyridine rings is 1. The molecule has 0 aliphatic carbocycles. The van der Waals surface area contributed by atoms with E-state index in [1.165, 1.54) is 0 Å². The SMILES string of the molecule is CCOc1ccc(CNC(=O)c2ccc3ncccc3c2)cc1. The van der Waals surface area contributed by atoms with Crippen LogP contribution in [0.4, 0.5) is 0 Å². The number of hydrogen-bond acceptors (Lipinski definition) is 3. The van der Waals surface area contributed by atoms with Gasteiger partial charge in [-0.25, -0.2) is 0 Å². The number of amides is 1. The molecule has 23 heavy (non-hydrogen) atoms. The number of hydrogen-bond donors (Lipinski definition) is 1. The van der Waals surface area contributed by atoms with Crippen LogP contribution in [0, 0.1) is 0 Å². The maximum absolute atomic E-state index is 12.3. The number of carbonyl (C=O) groups is 1. The Morgan fingerprint density at radius 3 is 2.74 bits per heavy atom. The smallest absolute Gasteiger partial charge is 0.251 e. The van der Waals surface area contributed by atoms with Gasteiger partial charge in [0.2, 0.25) is 0 Å². The first-order valence-electron chi connectivity index (χ1n) is 7.61. The molecule has 0 saturated heterocycles. The molecule has 0 saturated carbocycles. The summed E-state index contributed by atoms with van der Waals surface area (Å²) in [4.78, 5) is 16.5. The number of nitrogens with one attached hydrogen (secondary N) is 1. The number of ether oxygens (including phenoxy) is 1. The zero-order valence-corrected chi connectivity index (χ0v) is 13.0. The lowest BCUT2D eigenvalue weighted by Gasteiger charge is -2.08. The molecule has 1 aromatic heterocycles. The molecule has 4 heteroatoms. The number of benzene rings is 2. The molecule has 2 aromatic carbocycles. The lowest BCUT2D eigenvalue weighted by Crippen LogP contribution is -2.22. The van der Waals surface area contributed by atoms with Crippen molar-refractivity contribution in [1.82, 2.24) is 10.3 Å². The summed E-state index contributed by atoms with van der Waals surface area (Å²) in [6.45, 7) is 3.08. The number of rotatable bonds is 5. The van der Waals surface area contributed by atoms with Crippen LogP contribution in [0.3, 0.4) is 0 Å². The molecule has 3 rings (SSSR count). The van der Waals surface area contributed by atoms with Crippen LogP contribution in [0.25, 0.3) is 10.9 Å². The predicted molar refractivity (Wildman–Crippen MR) is 90.5 cm³/mol. The molecule has 0 aliphatic heterocycles. The zero-order valence-electron chi connectivity index (χ0n) is 13.0. The maximum atomic E-state index is 12.3. The Bertz CT molecular complexity index is 813. The van der Waals surface area contributed by atoms with Crippen molar-refractivity contribution >= 4 is 16.8 Å². The summed E-state index contributed by atoms with van der Waals surface area (Å²) >= 11 is 0. The average Bonchev–Trinajstić information content (AvgIpc) is 2.60. The van der Waals surface area contributed by atoms with Crippen molar-refractivity contribution < 1.29 is 9.53 Å². The van der Waals surface area contributed by atoms with Crippen LogP contribution >= 0.6 is 0 Å². The van der Waals surface area contributed by atoms with Crippen molar-refractivity contribution in [2.24, 2.45) is 0 Å². The van der Waals surface area contributed by atoms with Gasteiger partial charge in [-0.3, -0.25) is 9.78 Å². The third-order valence-corrected chi connectivity index (χ3v) is 3.55. The van der Waals surface area contributed by atoms with Crippen LogP contribution in [0.1, 0.15) is 22.8 Å². The monoisotopic (exact) mass is 306 g/mol. The van der Waals surface area contributed by atoms with Crippen molar-refractivity contribution in [3.63, 3.8) is 0 Å². The predicted octanol–water partition coefficient (Wildman–Crippen LogP) is 3.56. The van der Waals surface area contributed by atoms with Crippen LogP contribution in [0.2, 0.25) is 0 Å². The number of carbonyl (C=O) groups excluding carboxylic acids is 1. The Hall–Kier alpha value is -2.88. The second-order valence-electron chi connectivity index (χ2n) is 5.17. The first kappa shape index (κ1) is 15.0. The summed E-state index contributed by atoms with van der Waals surface area (Å²) in [6.07, 6.45) is 1.74. The van der Waals surface area contributed by atoms with E-state index >= 15 is 0 Å². The summed E-state index contributed by atoms with van der Waals surface area (Å²) in [5.41, 5.74) is 2.55. The first-order chi connectivity index (χ1) is 11.3. The van der Waals surface area contributed by atoms with Crippen molar-refractivity contribution in [2.75, 3.05) is 6.61 Å². The molecule has 116 valence electrons. The number of aromatic nitrogens is 1. The molecule has 1 N–H and O–H groups in total. The number of fused-ring (bicyclic) bond motifs is 1. The van der Waals surface area contributed by atoms with Gasteiger partial charge in [-0.15, -0.1) is 0 Å². The van der Waals surface area contributed by atoms with E-state index in [2.05, 4.69) is 10.3 Å². The lowest BCUT2D eigenvalue weighted by molar-refractivity contribution is 0.0951. The highest BCUT2D eigenvalue weighted by atomic mass is 16.5. The topological polar surface area (TPSA) is 51.2 Å². The van der Waals surface area contributed by atoms with Gasteiger partial charge in [-0.1, -0.05) is 18.2 Å². The molecular weight excluding hydrogens is 288 g/mol. The second-order valence-corrected chi connectivity index (χ2v) is 5.17. The summed E-state index contributed by atoms with van der Waals surface area (Å²) in [6, 6.07) is 17.1. The van der Waals surface area contributed by atoms with E-state index < -0.39 is 0 Å². The highest BCUT2D eigenvalue weighted by Crippen LogP contribution is 2.14. The van der Waals surface area contributed by atoms with Gasteiger partial charge >= 0.3 is 0 Å². The van der Waals surface area contributed by atoms with E-state index in [1.54, 1.807) is 12.3 Å². The largest absolute Gasteiger partial charge is 0.494 e. The minimum atomic E-state index is -0.0929. The van der Waals surface area contributed by atoms with E-state index in [0.717, 1.165) is 22.2 Å². The van der Waals surface area contributed by atoms with Gasteiger partial charge in [-0.2, -0.15) is 0 Å². The average molecular weight is 306 g/mol. The minimum absolute atomic E-state index is 0.0929. The number of nitrogens with zero attached hydrogens (tertiary/aromatic N) is 1. The summed E-state index contributed by atoms with van der Waals surface area (Å²) in [5.74, 6) is 0.745. The van der Waals surface area contributed by atoms with E-state index in [0.29, 0.717) is 18.7 Å². The fourth-order valence-electron chi connectivity index (χ4n) is 2.37. The van der Waals surface area contributed by atoms with Crippen molar-refractivity contribution in [1.29, 1.82) is 0 Å². The molecule has 0 radical (unpaired) electrons. The van der Waals surface area contributed by atoms with Crippen molar-refractivity contribution in [2.45, 2.75) is 13.5 Å². The molecular formula is C19H18N2O2. The Balaban J connectivity index is 1.65. The van der Waals surface area contributed by atoms with Gasteiger partial charge in [0.25, 0.3) is 5.91 Å². The van der Waals surface area contributed by atoms with Gasteiger partial charge in [0.1, 0.15) is 5.75 Å². The Morgan fingerprint density at radius 2 is 1.96 bits per heavy atom. The molecule has 1 heterocycles. The molecule has 0 spiro atoms. The van der Waals surface area contributed by atoms with Crippen LogP contribution in [-0.2, 0) is 6.54 Å². The van der Waals surface area contributed by atoms with Crippen molar-refractivity contribution in [3.05, 3.63) is 71.9 Å². The quantitative estimate of drug-likeness (QED) is 0.784. The summed E-state index contributed by atoms with van der Waals surface area (Å²) in [5, 5.41) is 3.89. The van der Waals surface area contributed by atoms with Gasteiger partial charge in [-0.05, 0) is 48.9 Å². The maximum Gasteiger partial charge on any atom is 0.251 e. The van der Waals surface area contributed by atoms with E-state index in [9.17, 15) is 4.79 Å². The third kappa shape index (κ3) is 3.66. The lowest BCUT2D eigenvalue weighted by atomic mass is 10.1. The molecule has 3 aromatic rings. The molecule has 0 atom stereocenters. The Labute approximate surface area is 135 Å². The molecule has 1 amide bonds.